The Kier molecular flexibility index (Phi) is 8.78. The van der Waals surface area contributed by atoms with Crippen LogP contribution in [0, 0.1) is 0 Å². The van der Waals surface area contributed by atoms with E-state index in [0.717, 1.165) is 19.3 Å². The number of carbonyl (C=O) groups excluding carboxylic acids is 1. The third-order valence-corrected chi connectivity index (χ3v) is 2.05. The highest BCUT2D eigenvalue weighted by Crippen LogP contribution is 1.99. The van der Waals surface area contributed by atoms with E-state index < -0.39 is 0 Å². The molecule has 0 saturated heterocycles. The van der Waals surface area contributed by atoms with Gasteiger partial charge in [-0.3, -0.25) is 4.79 Å². The molecule has 0 radical (unpaired) electrons. The second kappa shape index (κ2) is 9.46. The monoisotopic (exact) mass is 210 g/mol. The van der Waals surface area contributed by atoms with E-state index in [0.29, 0.717) is 13.0 Å². The normalized spacial score (nSPS) is 12.7. The second-order valence-corrected chi connectivity index (χ2v) is 3.47. The fraction of sp³-hybridized carbons (Fsp3) is 0.583. The molecule has 0 aromatic rings. The molecular weight excluding hydrogens is 188 g/mol. The number of rotatable bonds is 8. The number of nitrogens with one attached hydrogen (secondary N) is 1. The average Bonchev–Trinajstić information content (AvgIpc) is 2.19. The maximum atomic E-state index is 11.5. The minimum Gasteiger partial charge on any atom is -0.350 e. The highest BCUT2D eigenvalue weighted by molar-refractivity contribution is 5.76. The zero-order chi connectivity index (χ0) is 11.5. The summed E-state index contributed by atoms with van der Waals surface area (Å²) in [7, 11) is 0. The fourth-order valence-electron chi connectivity index (χ4n) is 1.31. The topological polar surface area (TPSA) is 55.1 Å². The molecule has 15 heavy (non-hydrogen) atoms. The van der Waals surface area contributed by atoms with Crippen LogP contribution in [0.3, 0.4) is 0 Å². The molecule has 3 N–H and O–H groups in total. The summed E-state index contributed by atoms with van der Waals surface area (Å²) < 4.78 is 0. The largest absolute Gasteiger partial charge is 0.350 e. The molecule has 0 aromatic carbocycles. The van der Waals surface area contributed by atoms with Crippen LogP contribution in [-0.4, -0.2) is 18.5 Å². The molecule has 0 fully saturated rings. The van der Waals surface area contributed by atoms with Gasteiger partial charge in [-0.15, -0.1) is 6.58 Å². The van der Waals surface area contributed by atoms with Crippen LogP contribution in [-0.2, 0) is 4.79 Å². The second-order valence-electron chi connectivity index (χ2n) is 3.47. The van der Waals surface area contributed by atoms with Gasteiger partial charge in [0.1, 0.15) is 0 Å². The lowest BCUT2D eigenvalue weighted by Crippen LogP contribution is -2.32. The number of unbranched alkanes of at least 4 members (excludes halogenated alkanes) is 1. The summed E-state index contributed by atoms with van der Waals surface area (Å²) in [6.07, 6.45) is 8.82. The molecule has 0 aromatic heterocycles. The molecule has 0 spiro atoms. The number of hydrogen-bond donors (Lipinski definition) is 2. The third-order valence-electron chi connectivity index (χ3n) is 2.05. The Morgan fingerprint density at radius 3 is 2.80 bits per heavy atom. The first-order valence-electron chi connectivity index (χ1n) is 5.47. The van der Waals surface area contributed by atoms with E-state index in [2.05, 4.69) is 11.9 Å². The molecule has 86 valence electrons. The van der Waals surface area contributed by atoms with Crippen LogP contribution < -0.4 is 11.1 Å². The van der Waals surface area contributed by atoms with Gasteiger partial charge < -0.3 is 11.1 Å². The minimum atomic E-state index is 0.0814. The van der Waals surface area contributed by atoms with Gasteiger partial charge in [0.2, 0.25) is 5.91 Å². The minimum absolute atomic E-state index is 0.0814. The number of carbonyl (C=O) groups is 1. The maximum absolute atomic E-state index is 11.5. The Morgan fingerprint density at radius 1 is 1.53 bits per heavy atom. The third kappa shape index (κ3) is 7.94. The van der Waals surface area contributed by atoms with Gasteiger partial charge in [-0.05, 0) is 32.7 Å². The van der Waals surface area contributed by atoms with Crippen molar-refractivity contribution in [3.8, 4) is 0 Å². The van der Waals surface area contributed by atoms with Crippen molar-refractivity contribution in [3.05, 3.63) is 24.8 Å². The van der Waals surface area contributed by atoms with Crippen molar-refractivity contribution in [2.45, 2.75) is 38.6 Å². The Bertz CT molecular complexity index is 212. The van der Waals surface area contributed by atoms with Crippen molar-refractivity contribution in [3.63, 3.8) is 0 Å². The Balaban J connectivity index is 3.83. The van der Waals surface area contributed by atoms with E-state index >= 15 is 0 Å². The highest BCUT2D eigenvalue weighted by Gasteiger charge is 2.06. The predicted molar refractivity (Wildman–Crippen MR) is 64.5 cm³/mol. The summed E-state index contributed by atoms with van der Waals surface area (Å²) in [5, 5.41) is 2.94. The molecule has 0 aliphatic carbocycles. The molecule has 0 saturated carbocycles. The molecule has 1 unspecified atom stereocenters. The van der Waals surface area contributed by atoms with Crippen LogP contribution in [0.5, 0.6) is 0 Å². The van der Waals surface area contributed by atoms with Crippen LogP contribution >= 0.6 is 0 Å². The van der Waals surface area contributed by atoms with Crippen LogP contribution in [0.25, 0.3) is 0 Å². The van der Waals surface area contributed by atoms with Crippen molar-refractivity contribution in [2.24, 2.45) is 5.73 Å². The first-order valence-corrected chi connectivity index (χ1v) is 5.47. The van der Waals surface area contributed by atoms with Gasteiger partial charge in [-0.25, -0.2) is 0 Å². The van der Waals surface area contributed by atoms with Crippen molar-refractivity contribution >= 4 is 5.91 Å². The van der Waals surface area contributed by atoms with Crippen LogP contribution in [0.2, 0.25) is 0 Å². The molecular formula is C12H22N2O. The zero-order valence-electron chi connectivity index (χ0n) is 9.54. The van der Waals surface area contributed by atoms with Crippen molar-refractivity contribution in [1.29, 1.82) is 0 Å². The standard InChI is InChI=1S/C12H22N2O/c1-3-7-11(8-4-2)14-12(15)9-5-6-10-13/h3-4,8,11H,1,5-7,9-10,13H2,2H3,(H,14,15)/b8-4-. The van der Waals surface area contributed by atoms with Gasteiger partial charge in [-0.2, -0.15) is 0 Å². The molecule has 0 aliphatic rings. The van der Waals surface area contributed by atoms with Crippen LogP contribution in [0.4, 0.5) is 0 Å². The number of amides is 1. The van der Waals surface area contributed by atoms with Gasteiger partial charge in [-0.1, -0.05) is 18.2 Å². The van der Waals surface area contributed by atoms with E-state index in [1.165, 1.54) is 0 Å². The molecule has 1 amide bonds. The molecule has 3 heteroatoms. The quantitative estimate of drug-likeness (QED) is 0.474. The van der Waals surface area contributed by atoms with E-state index in [-0.39, 0.29) is 11.9 Å². The van der Waals surface area contributed by atoms with E-state index in [9.17, 15) is 4.79 Å². The summed E-state index contributed by atoms with van der Waals surface area (Å²) in [5.74, 6) is 0.0911. The van der Waals surface area contributed by atoms with Crippen molar-refractivity contribution < 1.29 is 4.79 Å². The fourth-order valence-corrected chi connectivity index (χ4v) is 1.31. The Morgan fingerprint density at radius 2 is 2.27 bits per heavy atom. The molecule has 1 atom stereocenters. The lowest BCUT2D eigenvalue weighted by Gasteiger charge is -2.12. The lowest BCUT2D eigenvalue weighted by atomic mass is 10.1. The summed E-state index contributed by atoms with van der Waals surface area (Å²) in [4.78, 5) is 11.5. The lowest BCUT2D eigenvalue weighted by molar-refractivity contribution is -0.121. The average molecular weight is 210 g/mol. The summed E-state index contributed by atoms with van der Waals surface area (Å²) in [6, 6.07) is 0.0814. The maximum Gasteiger partial charge on any atom is 0.220 e. The number of allylic oxidation sites excluding steroid dienone is 1. The molecule has 0 rings (SSSR count). The Labute approximate surface area is 92.4 Å². The van der Waals surface area contributed by atoms with Gasteiger partial charge in [0.05, 0.1) is 6.04 Å². The predicted octanol–water partition coefficient (Wildman–Crippen LogP) is 1.75. The van der Waals surface area contributed by atoms with Gasteiger partial charge in [0, 0.05) is 6.42 Å². The van der Waals surface area contributed by atoms with Gasteiger partial charge in [0.15, 0.2) is 0 Å². The van der Waals surface area contributed by atoms with Crippen molar-refractivity contribution in [2.75, 3.05) is 6.54 Å². The first-order chi connectivity index (χ1) is 7.24. The molecule has 0 aliphatic heterocycles. The van der Waals surface area contributed by atoms with E-state index in [1.54, 1.807) is 0 Å². The SMILES string of the molecule is C=CCC(/C=C\C)NC(=O)CCCCN. The Hall–Kier alpha value is -1.09. The summed E-state index contributed by atoms with van der Waals surface area (Å²) in [5.41, 5.74) is 5.36. The number of nitrogens with two attached hydrogens (primary N) is 1. The molecule has 0 heterocycles. The molecule has 0 bridgehead atoms. The highest BCUT2D eigenvalue weighted by atomic mass is 16.1. The van der Waals surface area contributed by atoms with E-state index in [4.69, 9.17) is 5.73 Å². The smallest absolute Gasteiger partial charge is 0.220 e. The summed E-state index contributed by atoms with van der Waals surface area (Å²) in [6.45, 7) is 6.26. The van der Waals surface area contributed by atoms with Gasteiger partial charge in [0.25, 0.3) is 0 Å². The van der Waals surface area contributed by atoms with E-state index in [1.807, 2.05) is 25.2 Å². The summed E-state index contributed by atoms with van der Waals surface area (Å²) >= 11 is 0. The van der Waals surface area contributed by atoms with Gasteiger partial charge >= 0.3 is 0 Å². The molecule has 3 nitrogen and oxygen atoms in total. The van der Waals surface area contributed by atoms with Crippen molar-refractivity contribution in [1.82, 2.24) is 5.32 Å². The first kappa shape index (κ1) is 13.9. The zero-order valence-corrected chi connectivity index (χ0v) is 9.54. The van der Waals surface area contributed by atoms with Crippen LogP contribution in [0.1, 0.15) is 32.6 Å². The number of hydrogen-bond acceptors (Lipinski definition) is 2. The van der Waals surface area contributed by atoms with Crippen LogP contribution in [0.15, 0.2) is 24.8 Å².